The Kier molecular flexibility index (Phi) is 6.87. The molecule has 1 aromatic carbocycles. The minimum atomic E-state index is -0.490. The Labute approximate surface area is 151 Å². The number of nitrogens with zero attached hydrogens (tertiary/aromatic N) is 3. The number of hydrogen-bond donors (Lipinski definition) is 1. The van der Waals surface area contributed by atoms with E-state index in [1.807, 2.05) is 25.1 Å². The second kappa shape index (κ2) is 8.89. The van der Waals surface area contributed by atoms with Crippen molar-refractivity contribution < 1.29 is 9.53 Å². The fraction of sp³-hybridized carbons (Fsp3) is 0.438. The fourth-order valence-electron chi connectivity index (χ4n) is 2.44. The normalized spacial score (nSPS) is 10.7. The van der Waals surface area contributed by atoms with E-state index in [0.29, 0.717) is 30.5 Å². The van der Waals surface area contributed by atoms with Crippen molar-refractivity contribution in [3.05, 3.63) is 29.5 Å². The highest BCUT2D eigenvalue weighted by Crippen LogP contribution is 2.28. The van der Waals surface area contributed by atoms with E-state index in [-0.39, 0.29) is 12.3 Å². The summed E-state index contributed by atoms with van der Waals surface area (Å²) in [5, 5.41) is 10.5. The van der Waals surface area contributed by atoms with Crippen LogP contribution in [-0.4, -0.2) is 52.8 Å². The molecule has 8 heteroatoms. The first-order valence-corrected chi connectivity index (χ1v) is 8.75. The Balaban J connectivity index is 2.34. The SMILES string of the molecule is CCOC(=O)c1n[nH]nc1-c1ccc(N(CCCl)CCCl)cc1C. The lowest BCUT2D eigenvalue weighted by Gasteiger charge is -2.23. The number of benzene rings is 1. The lowest BCUT2D eigenvalue weighted by atomic mass is 10.0. The summed E-state index contributed by atoms with van der Waals surface area (Å²) in [5.74, 6) is 0.553. The van der Waals surface area contributed by atoms with Gasteiger partial charge in [-0.05, 0) is 31.5 Å². The monoisotopic (exact) mass is 370 g/mol. The van der Waals surface area contributed by atoms with Crippen LogP contribution in [0.1, 0.15) is 23.0 Å². The van der Waals surface area contributed by atoms with Crippen LogP contribution in [0.4, 0.5) is 5.69 Å². The molecule has 0 amide bonds. The Morgan fingerprint density at radius 1 is 1.25 bits per heavy atom. The number of aromatic nitrogens is 3. The van der Waals surface area contributed by atoms with Crippen molar-refractivity contribution in [2.45, 2.75) is 13.8 Å². The van der Waals surface area contributed by atoms with Crippen molar-refractivity contribution in [1.29, 1.82) is 0 Å². The van der Waals surface area contributed by atoms with E-state index in [4.69, 9.17) is 27.9 Å². The first-order valence-electron chi connectivity index (χ1n) is 7.68. The number of anilines is 1. The van der Waals surface area contributed by atoms with Crippen LogP contribution in [-0.2, 0) is 4.74 Å². The van der Waals surface area contributed by atoms with Gasteiger partial charge in [-0.1, -0.05) is 6.07 Å². The number of rotatable bonds is 8. The van der Waals surface area contributed by atoms with Crippen molar-refractivity contribution in [3.8, 4) is 11.3 Å². The average molecular weight is 371 g/mol. The molecule has 0 fully saturated rings. The maximum Gasteiger partial charge on any atom is 0.361 e. The molecule has 6 nitrogen and oxygen atoms in total. The zero-order valence-corrected chi connectivity index (χ0v) is 15.2. The second-order valence-corrected chi connectivity index (χ2v) is 5.86. The second-order valence-electron chi connectivity index (χ2n) is 5.11. The molecule has 2 rings (SSSR count). The van der Waals surface area contributed by atoms with E-state index < -0.39 is 5.97 Å². The zero-order chi connectivity index (χ0) is 17.5. The van der Waals surface area contributed by atoms with Crippen molar-refractivity contribution in [2.24, 2.45) is 0 Å². The van der Waals surface area contributed by atoms with E-state index >= 15 is 0 Å². The predicted molar refractivity (Wildman–Crippen MR) is 96.2 cm³/mol. The van der Waals surface area contributed by atoms with E-state index in [2.05, 4.69) is 20.3 Å². The summed E-state index contributed by atoms with van der Waals surface area (Å²) in [5.41, 5.74) is 3.50. The number of ether oxygens (including phenoxy) is 1. The quantitative estimate of drug-likeness (QED) is 0.570. The van der Waals surface area contributed by atoms with Gasteiger partial charge in [0.25, 0.3) is 0 Å². The van der Waals surface area contributed by atoms with Crippen LogP contribution >= 0.6 is 23.2 Å². The number of carbonyl (C=O) groups excluding carboxylic acids is 1. The summed E-state index contributed by atoms with van der Waals surface area (Å²) in [6.07, 6.45) is 0. The summed E-state index contributed by atoms with van der Waals surface area (Å²) in [7, 11) is 0. The van der Waals surface area contributed by atoms with E-state index in [9.17, 15) is 4.79 Å². The summed E-state index contributed by atoms with van der Waals surface area (Å²) in [6.45, 7) is 5.42. The minimum absolute atomic E-state index is 0.186. The Hall–Kier alpha value is -1.79. The number of alkyl halides is 2. The third kappa shape index (κ3) is 4.19. The minimum Gasteiger partial charge on any atom is -0.461 e. The fourth-order valence-corrected chi connectivity index (χ4v) is 2.85. The van der Waals surface area contributed by atoms with Gasteiger partial charge in [-0.25, -0.2) is 4.79 Å². The first kappa shape index (κ1) is 18.5. The molecule has 0 spiro atoms. The molecule has 0 aliphatic rings. The van der Waals surface area contributed by atoms with Gasteiger partial charge in [0, 0.05) is 36.1 Å². The molecular formula is C16H20Cl2N4O2. The van der Waals surface area contributed by atoms with Gasteiger partial charge in [0.15, 0.2) is 5.69 Å². The van der Waals surface area contributed by atoms with Crippen molar-refractivity contribution in [2.75, 3.05) is 36.4 Å². The number of nitrogens with one attached hydrogen (secondary N) is 1. The van der Waals surface area contributed by atoms with Gasteiger partial charge in [0.05, 0.1) is 6.61 Å². The number of halogens is 2. The van der Waals surface area contributed by atoms with Crippen LogP contribution in [0.25, 0.3) is 11.3 Å². The van der Waals surface area contributed by atoms with Gasteiger partial charge >= 0.3 is 5.97 Å². The summed E-state index contributed by atoms with van der Waals surface area (Å²) in [6, 6.07) is 5.91. The van der Waals surface area contributed by atoms with Gasteiger partial charge in [-0.3, -0.25) is 0 Å². The molecule has 1 N–H and O–H groups in total. The van der Waals surface area contributed by atoms with Crippen LogP contribution < -0.4 is 4.90 Å². The number of H-pyrrole nitrogens is 1. The summed E-state index contributed by atoms with van der Waals surface area (Å²) < 4.78 is 5.02. The molecule has 130 valence electrons. The predicted octanol–water partition coefficient (Wildman–Crippen LogP) is 3.24. The third-order valence-corrected chi connectivity index (χ3v) is 3.89. The standard InChI is InChI=1S/C16H20Cl2N4O2/c1-3-24-16(23)15-14(19-21-20-15)13-5-4-12(10-11(13)2)22(8-6-17)9-7-18/h4-5,10H,3,6-9H2,1-2H3,(H,19,20,21). The molecule has 1 aromatic heterocycles. The molecule has 0 aliphatic heterocycles. The number of carbonyl (C=O) groups is 1. The number of aryl methyl sites for hydroxylation is 1. The Bertz CT molecular complexity index is 684. The van der Waals surface area contributed by atoms with E-state index in [1.54, 1.807) is 6.92 Å². The van der Waals surface area contributed by atoms with Crippen LogP contribution in [0.3, 0.4) is 0 Å². The van der Waals surface area contributed by atoms with Crippen molar-refractivity contribution in [3.63, 3.8) is 0 Å². The van der Waals surface area contributed by atoms with Crippen LogP contribution in [0.15, 0.2) is 18.2 Å². The van der Waals surface area contributed by atoms with Gasteiger partial charge in [-0.2, -0.15) is 10.3 Å². The topological polar surface area (TPSA) is 71.1 Å². The first-order chi connectivity index (χ1) is 11.6. The zero-order valence-electron chi connectivity index (χ0n) is 13.7. The van der Waals surface area contributed by atoms with Crippen LogP contribution in [0.2, 0.25) is 0 Å². The van der Waals surface area contributed by atoms with Crippen molar-refractivity contribution in [1.82, 2.24) is 15.4 Å². The van der Waals surface area contributed by atoms with Gasteiger partial charge in [0.2, 0.25) is 0 Å². The largest absolute Gasteiger partial charge is 0.461 e. The molecule has 0 radical (unpaired) electrons. The number of aromatic amines is 1. The molecule has 0 saturated heterocycles. The summed E-state index contributed by atoms with van der Waals surface area (Å²) in [4.78, 5) is 14.1. The van der Waals surface area contributed by atoms with Gasteiger partial charge < -0.3 is 9.64 Å². The lowest BCUT2D eigenvalue weighted by Crippen LogP contribution is -2.27. The highest BCUT2D eigenvalue weighted by molar-refractivity contribution is 6.18. The average Bonchev–Trinajstić information content (AvgIpc) is 3.04. The molecule has 0 atom stereocenters. The maximum absolute atomic E-state index is 12.0. The highest BCUT2D eigenvalue weighted by atomic mass is 35.5. The molecule has 1 heterocycles. The van der Waals surface area contributed by atoms with Crippen LogP contribution in [0, 0.1) is 6.92 Å². The van der Waals surface area contributed by atoms with E-state index in [0.717, 1.165) is 16.8 Å². The molecule has 0 unspecified atom stereocenters. The number of esters is 1. The van der Waals surface area contributed by atoms with Crippen molar-refractivity contribution >= 4 is 34.9 Å². The maximum atomic E-state index is 12.0. The molecule has 0 saturated carbocycles. The van der Waals surface area contributed by atoms with E-state index in [1.165, 1.54) is 0 Å². The molecule has 0 aliphatic carbocycles. The lowest BCUT2D eigenvalue weighted by molar-refractivity contribution is 0.0520. The Morgan fingerprint density at radius 3 is 2.54 bits per heavy atom. The van der Waals surface area contributed by atoms with Gasteiger partial charge in [0.1, 0.15) is 5.69 Å². The van der Waals surface area contributed by atoms with Crippen LogP contribution in [0.5, 0.6) is 0 Å². The Morgan fingerprint density at radius 2 is 1.96 bits per heavy atom. The molecule has 24 heavy (non-hydrogen) atoms. The third-order valence-electron chi connectivity index (χ3n) is 3.56. The highest BCUT2D eigenvalue weighted by Gasteiger charge is 2.20. The molecular weight excluding hydrogens is 351 g/mol. The summed E-state index contributed by atoms with van der Waals surface area (Å²) >= 11 is 11.7. The van der Waals surface area contributed by atoms with Gasteiger partial charge in [-0.15, -0.1) is 28.3 Å². The molecule has 2 aromatic rings. The number of hydrogen-bond acceptors (Lipinski definition) is 5. The smallest absolute Gasteiger partial charge is 0.361 e. The molecule has 0 bridgehead atoms.